The summed E-state index contributed by atoms with van der Waals surface area (Å²) >= 11 is 0. The number of benzene rings is 2. The van der Waals surface area contributed by atoms with E-state index < -0.39 is 0 Å². The molecule has 2 aromatic carbocycles. The number of ketones is 1. The first kappa shape index (κ1) is 52.9. The molecule has 7 heteroatoms. The molecule has 61 heavy (non-hydrogen) atoms. The van der Waals surface area contributed by atoms with Gasteiger partial charge in [0.2, 0.25) is 0 Å². The highest BCUT2D eigenvalue weighted by molar-refractivity contribution is 6.02. The summed E-state index contributed by atoms with van der Waals surface area (Å²) in [7, 11) is 3.26. The summed E-state index contributed by atoms with van der Waals surface area (Å²) in [5, 5.41) is 0. The average molecular weight is 850 g/mol. The number of hydrogen-bond acceptors (Lipinski definition) is 7. The van der Waals surface area contributed by atoms with E-state index in [4.69, 9.17) is 23.7 Å². The standard InChI is InChI=1S/C30H62O3.C24H29NO3/c1-3-5-7-9-11-13-15-17-19-21-23-25-27-31-29-33-30-32-28-26-24-22-20-18-16-14-12-10-8-6-4-2;1-27-22-14-19-13-20(24(26)21(19)15-23(22)28-2)12-17-8-10-25(11-9-17)16-18-6-4-3-5-7-18/h3-30H2,1-2H3;3-7,14-15,17,20H,8-13,16H2,1-2H3. The minimum absolute atomic E-state index is 0.109. The molecular formula is C54H91NO6. The second kappa shape index (κ2) is 35.9. The molecule has 0 spiro atoms. The van der Waals surface area contributed by atoms with Gasteiger partial charge in [0.25, 0.3) is 0 Å². The lowest BCUT2D eigenvalue weighted by Crippen LogP contribution is -2.34. The molecule has 4 rings (SSSR count). The van der Waals surface area contributed by atoms with Gasteiger partial charge in [0.15, 0.2) is 17.3 Å². The van der Waals surface area contributed by atoms with E-state index in [0.717, 1.165) is 69.7 Å². The number of rotatable bonds is 36. The van der Waals surface area contributed by atoms with Crippen LogP contribution in [-0.2, 0) is 27.2 Å². The Morgan fingerprint density at radius 3 is 1.46 bits per heavy atom. The number of unbranched alkanes of at least 4 members (excludes halogenated alkanes) is 22. The lowest BCUT2D eigenvalue weighted by molar-refractivity contribution is -0.131. The van der Waals surface area contributed by atoms with Gasteiger partial charge in [-0.15, -0.1) is 0 Å². The first-order valence-electron chi connectivity index (χ1n) is 25.4. The van der Waals surface area contributed by atoms with Crippen LogP contribution in [0, 0.1) is 11.8 Å². The fraction of sp³-hybridized carbons (Fsp3) is 0.759. The van der Waals surface area contributed by atoms with Crippen LogP contribution in [0.2, 0.25) is 0 Å². The zero-order chi connectivity index (χ0) is 43.4. The molecule has 2 aliphatic rings. The molecule has 0 aromatic heterocycles. The number of carbonyl (C=O) groups excluding carboxylic acids is 1. The van der Waals surface area contributed by atoms with Gasteiger partial charge in [0.1, 0.15) is 13.6 Å². The van der Waals surface area contributed by atoms with E-state index in [-0.39, 0.29) is 11.7 Å². The topological polar surface area (TPSA) is 66.5 Å². The molecule has 0 saturated carbocycles. The van der Waals surface area contributed by atoms with Crippen molar-refractivity contribution in [3.05, 3.63) is 59.2 Å². The lowest BCUT2D eigenvalue weighted by atomic mass is 9.85. The fourth-order valence-electron chi connectivity index (χ4n) is 9.07. The highest BCUT2D eigenvalue weighted by Gasteiger charge is 2.34. The maximum Gasteiger partial charge on any atom is 0.166 e. The molecule has 2 aromatic rings. The minimum Gasteiger partial charge on any atom is -0.493 e. The summed E-state index contributed by atoms with van der Waals surface area (Å²) in [5.41, 5.74) is 3.31. The van der Waals surface area contributed by atoms with E-state index in [9.17, 15) is 4.79 Å². The average Bonchev–Trinajstić information content (AvgIpc) is 3.59. The normalized spacial score (nSPS) is 15.5. The van der Waals surface area contributed by atoms with Crippen LogP contribution in [0.25, 0.3) is 0 Å². The Morgan fingerprint density at radius 2 is 1.00 bits per heavy atom. The van der Waals surface area contributed by atoms with E-state index in [1.54, 1.807) is 14.2 Å². The third kappa shape index (κ3) is 24.3. The van der Waals surface area contributed by atoms with Gasteiger partial charge in [-0.2, -0.15) is 0 Å². The zero-order valence-corrected chi connectivity index (χ0v) is 39.8. The van der Waals surface area contributed by atoms with Crippen LogP contribution < -0.4 is 9.47 Å². The number of methoxy groups -OCH3 is 2. The van der Waals surface area contributed by atoms with Gasteiger partial charge in [-0.3, -0.25) is 9.69 Å². The molecule has 0 N–H and O–H groups in total. The Morgan fingerprint density at radius 1 is 0.557 bits per heavy atom. The molecule has 1 heterocycles. The third-order valence-corrected chi connectivity index (χ3v) is 12.9. The summed E-state index contributed by atoms with van der Waals surface area (Å²) in [4.78, 5) is 15.5. The predicted octanol–water partition coefficient (Wildman–Crippen LogP) is 14.7. The van der Waals surface area contributed by atoms with Crippen molar-refractivity contribution in [3.8, 4) is 11.5 Å². The maximum atomic E-state index is 12.9. The van der Waals surface area contributed by atoms with Gasteiger partial charge in [0.05, 0.1) is 14.2 Å². The maximum absolute atomic E-state index is 12.9. The van der Waals surface area contributed by atoms with Crippen LogP contribution in [-0.4, -0.2) is 64.8 Å². The van der Waals surface area contributed by atoms with E-state index in [1.165, 1.54) is 160 Å². The highest BCUT2D eigenvalue weighted by atomic mass is 16.7. The van der Waals surface area contributed by atoms with Crippen molar-refractivity contribution in [1.82, 2.24) is 4.90 Å². The van der Waals surface area contributed by atoms with Crippen LogP contribution in [0.3, 0.4) is 0 Å². The number of piperidine rings is 1. The zero-order valence-electron chi connectivity index (χ0n) is 39.8. The van der Waals surface area contributed by atoms with Crippen molar-refractivity contribution < 1.29 is 28.5 Å². The Kier molecular flexibility index (Phi) is 31.2. The molecule has 1 unspecified atom stereocenters. The Hall–Kier alpha value is -2.45. The predicted molar refractivity (Wildman–Crippen MR) is 255 cm³/mol. The van der Waals surface area contributed by atoms with E-state index in [2.05, 4.69) is 49.1 Å². The van der Waals surface area contributed by atoms with Gasteiger partial charge >= 0.3 is 0 Å². The summed E-state index contributed by atoms with van der Waals surface area (Å²) in [5.74, 6) is 2.38. The third-order valence-electron chi connectivity index (χ3n) is 12.9. The molecule has 1 aliphatic carbocycles. The molecule has 348 valence electrons. The van der Waals surface area contributed by atoms with Gasteiger partial charge in [-0.05, 0) is 80.8 Å². The number of carbonyl (C=O) groups is 1. The molecular weight excluding hydrogens is 759 g/mol. The Bertz CT molecular complexity index is 1300. The molecule has 0 radical (unpaired) electrons. The first-order valence-corrected chi connectivity index (χ1v) is 25.4. The largest absolute Gasteiger partial charge is 0.493 e. The Labute approximate surface area is 374 Å². The van der Waals surface area contributed by atoms with Gasteiger partial charge in [0, 0.05) is 31.2 Å². The molecule has 0 amide bonds. The lowest BCUT2D eigenvalue weighted by Gasteiger charge is -2.32. The quantitative estimate of drug-likeness (QED) is 0.0500. The second-order valence-electron chi connectivity index (χ2n) is 18.1. The first-order chi connectivity index (χ1) is 30.1. The van der Waals surface area contributed by atoms with Crippen LogP contribution in [0.15, 0.2) is 42.5 Å². The Balaban J connectivity index is 0.000000328. The van der Waals surface area contributed by atoms with Crippen molar-refractivity contribution >= 4 is 5.78 Å². The van der Waals surface area contributed by atoms with Gasteiger partial charge < -0.3 is 23.7 Å². The number of fused-ring (bicyclic) bond motifs is 1. The molecule has 7 nitrogen and oxygen atoms in total. The van der Waals surface area contributed by atoms with Crippen molar-refractivity contribution in [1.29, 1.82) is 0 Å². The van der Waals surface area contributed by atoms with Crippen LogP contribution in [0.4, 0.5) is 0 Å². The molecule has 1 saturated heterocycles. The summed E-state index contributed by atoms with van der Waals surface area (Å²) in [6.45, 7) is 10.2. The van der Waals surface area contributed by atoms with Crippen molar-refractivity contribution in [2.24, 2.45) is 11.8 Å². The summed E-state index contributed by atoms with van der Waals surface area (Å²) in [6.07, 6.45) is 37.3. The van der Waals surface area contributed by atoms with Crippen molar-refractivity contribution in [2.75, 3.05) is 54.1 Å². The smallest absolute Gasteiger partial charge is 0.166 e. The molecule has 0 bridgehead atoms. The van der Waals surface area contributed by atoms with E-state index >= 15 is 0 Å². The fourth-order valence-corrected chi connectivity index (χ4v) is 9.07. The van der Waals surface area contributed by atoms with Crippen molar-refractivity contribution in [2.45, 2.75) is 200 Å². The SMILES string of the molecule is CCCCCCCCCCCCCCOCOCOCCCCCCCCCCCCCC.COc1cc2c(cc1OC)C(=O)C(CC1CCN(Cc3ccccc3)CC1)C2. The van der Waals surface area contributed by atoms with Crippen LogP contribution in [0.5, 0.6) is 11.5 Å². The molecule has 1 aliphatic heterocycles. The van der Waals surface area contributed by atoms with E-state index in [1.807, 2.05) is 12.1 Å². The minimum atomic E-state index is 0.109. The molecule has 1 fully saturated rings. The summed E-state index contributed by atoms with van der Waals surface area (Å²) in [6, 6.07) is 14.5. The van der Waals surface area contributed by atoms with Gasteiger partial charge in [-0.25, -0.2) is 0 Å². The van der Waals surface area contributed by atoms with Crippen LogP contribution in [0.1, 0.15) is 209 Å². The van der Waals surface area contributed by atoms with Gasteiger partial charge in [-0.1, -0.05) is 185 Å². The monoisotopic (exact) mass is 850 g/mol. The number of likely N-dealkylation sites (tertiary alicyclic amines) is 1. The molecule has 1 atom stereocenters. The number of ether oxygens (including phenoxy) is 5. The number of Topliss-reactive ketones (excluding diaryl/α,β-unsaturated/α-hetero) is 1. The summed E-state index contributed by atoms with van der Waals surface area (Å²) < 4.78 is 27.3. The van der Waals surface area contributed by atoms with Crippen LogP contribution >= 0.6 is 0 Å². The number of nitrogens with zero attached hydrogens (tertiary/aromatic N) is 1. The highest BCUT2D eigenvalue weighted by Crippen LogP contribution is 2.39. The van der Waals surface area contributed by atoms with Crippen molar-refractivity contribution in [3.63, 3.8) is 0 Å². The second-order valence-corrected chi connectivity index (χ2v) is 18.1. The number of hydrogen-bond donors (Lipinski definition) is 0. The van der Waals surface area contributed by atoms with E-state index in [0.29, 0.717) is 31.0 Å².